The molecule has 0 spiro atoms. The summed E-state index contributed by atoms with van der Waals surface area (Å²) in [5.74, 6) is 0.177. The highest BCUT2D eigenvalue weighted by Crippen LogP contribution is 2.04. The Morgan fingerprint density at radius 1 is 1.47 bits per heavy atom. The van der Waals surface area contributed by atoms with E-state index in [1.807, 2.05) is 24.6 Å². The molecule has 84 valence electrons. The van der Waals surface area contributed by atoms with Gasteiger partial charge in [0.1, 0.15) is 0 Å². The van der Waals surface area contributed by atoms with Crippen molar-refractivity contribution in [3.8, 4) is 0 Å². The first-order valence-corrected chi connectivity index (χ1v) is 5.22. The lowest BCUT2D eigenvalue weighted by Crippen LogP contribution is -2.21. The number of hydrogen-bond acceptors (Lipinski definition) is 2. The van der Waals surface area contributed by atoms with Gasteiger partial charge in [0.15, 0.2) is 0 Å². The molecule has 0 N–H and O–H groups in total. The minimum atomic E-state index is 0.177. The third kappa shape index (κ3) is 3.38. The molecule has 1 aromatic rings. The van der Waals surface area contributed by atoms with E-state index in [0.29, 0.717) is 6.42 Å². The second kappa shape index (κ2) is 4.96. The van der Waals surface area contributed by atoms with Crippen molar-refractivity contribution in [2.45, 2.75) is 33.2 Å². The molecule has 0 atom stereocenters. The molecule has 4 nitrogen and oxygen atoms in total. The molecule has 0 radical (unpaired) electrons. The zero-order valence-electron chi connectivity index (χ0n) is 9.95. The molecular formula is C11H19N3O. The van der Waals surface area contributed by atoms with Gasteiger partial charge >= 0.3 is 0 Å². The molecule has 0 saturated heterocycles. The van der Waals surface area contributed by atoms with Crippen LogP contribution in [0.2, 0.25) is 0 Å². The molecule has 0 aromatic carbocycles. The highest BCUT2D eigenvalue weighted by molar-refractivity contribution is 5.75. The fourth-order valence-corrected chi connectivity index (χ4v) is 1.50. The van der Waals surface area contributed by atoms with Crippen molar-refractivity contribution < 1.29 is 4.79 Å². The van der Waals surface area contributed by atoms with Gasteiger partial charge in [-0.05, 0) is 26.3 Å². The van der Waals surface area contributed by atoms with Gasteiger partial charge in [0.05, 0.1) is 5.69 Å². The van der Waals surface area contributed by atoms with Crippen LogP contribution in [0.25, 0.3) is 0 Å². The van der Waals surface area contributed by atoms with Crippen molar-refractivity contribution in [1.29, 1.82) is 0 Å². The van der Waals surface area contributed by atoms with Crippen molar-refractivity contribution >= 4 is 5.91 Å². The standard InChI is InChI=1S/C11H19N3O/c1-9-8-10(2)14(12-9)7-5-6-11(15)13(3)4/h8H,5-7H2,1-4H3. The monoisotopic (exact) mass is 209 g/mol. The Labute approximate surface area is 90.9 Å². The number of aromatic nitrogens is 2. The van der Waals surface area contributed by atoms with E-state index in [1.165, 1.54) is 0 Å². The highest BCUT2D eigenvalue weighted by Gasteiger charge is 2.05. The van der Waals surface area contributed by atoms with Gasteiger partial charge in [-0.25, -0.2) is 0 Å². The molecule has 0 bridgehead atoms. The number of carbonyl (C=O) groups is 1. The predicted molar refractivity (Wildman–Crippen MR) is 59.6 cm³/mol. The molecule has 0 aliphatic heterocycles. The summed E-state index contributed by atoms with van der Waals surface area (Å²) in [5.41, 5.74) is 2.19. The summed E-state index contributed by atoms with van der Waals surface area (Å²) in [6.07, 6.45) is 1.43. The number of amides is 1. The number of nitrogens with zero attached hydrogens (tertiary/aromatic N) is 3. The lowest BCUT2D eigenvalue weighted by Gasteiger charge is -2.10. The summed E-state index contributed by atoms with van der Waals surface area (Å²) in [7, 11) is 3.57. The first-order valence-electron chi connectivity index (χ1n) is 5.22. The molecule has 1 aromatic heterocycles. The van der Waals surface area contributed by atoms with Crippen LogP contribution < -0.4 is 0 Å². The first kappa shape index (κ1) is 11.8. The number of hydrogen-bond donors (Lipinski definition) is 0. The summed E-state index contributed by atoms with van der Waals surface area (Å²) in [6.45, 7) is 4.83. The van der Waals surface area contributed by atoms with Crippen LogP contribution >= 0.6 is 0 Å². The van der Waals surface area contributed by atoms with Crippen LogP contribution in [0, 0.1) is 13.8 Å². The van der Waals surface area contributed by atoms with Crippen LogP contribution in [0.5, 0.6) is 0 Å². The topological polar surface area (TPSA) is 38.1 Å². The van der Waals surface area contributed by atoms with Gasteiger partial charge in [0, 0.05) is 32.8 Å². The molecule has 0 fully saturated rings. The minimum Gasteiger partial charge on any atom is -0.349 e. The van der Waals surface area contributed by atoms with E-state index >= 15 is 0 Å². The van der Waals surface area contributed by atoms with E-state index in [4.69, 9.17) is 0 Å². The number of aryl methyl sites for hydroxylation is 3. The Morgan fingerprint density at radius 2 is 2.13 bits per heavy atom. The van der Waals surface area contributed by atoms with Crippen LogP contribution in [0.15, 0.2) is 6.07 Å². The fourth-order valence-electron chi connectivity index (χ4n) is 1.50. The molecular weight excluding hydrogens is 190 g/mol. The molecule has 1 rings (SSSR count). The average molecular weight is 209 g/mol. The molecule has 1 amide bonds. The fraction of sp³-hybridized carbons (Fsp3) is 0.636. The quantitative estimate of drug-likeness (QED) is 0.751. The first-order chi connectivity index (χ1) is 7.00. The largest absolute Gasteiger partial charge is 0.349 e. The van der Waals surface area contributed by atoms with Crippen molar-refractivity contribution in [3.63, 3.8) is 0 Å². The third-order valence-corrected chi connectivity index (χ3v) is 2.36. The van der Waals surface area contributed by atoms with Crippen LogP contribution in [-0.2, 0) is 11.3 Å². The lowest BCUT2D eigenvalue weighted by molar-refractivity contribution is -0.128. The van der Waals surface area contributed by atoms with Crippen LogP contribution in [-0.4, -0.2) is 34.7 Å². The molecule has 0 saturated carbocycles. The Balaban J connectivity index is 2.38. The van der Waals surface area contributed by atoms with Crippen molar-refractivity contribution in [3.05, 3.63) is 17.5 Å². The lowest BCUT2D eigenvalue weighted by atomic mass is 10.3. The average Bonchev–Trinajstić information content (AvgIpc) is 2.45. The van der Waals surface area contributed by atoms with Crippen LogP contribution in [0.1, 0.15) is 24.2 Å². The van der Waals surface area contributed by atoms with Gasteiger partial charge < -0.3 is 4.90 Å². The Bertz CT molecular complexity index is 342. The van der Waals surface area contributed by atoms with Gasteiger partial charge in [-0.1, -0.05) is 0 Å². The maximum atomic E-state index is 11.3. The van der Waals surface area contributed by atoms with E-state index in [2.05, 4.69) is 5.10 Å². The third-order valence-electron chi connectivity index (χ3n) is 2.36. The van der Waals surface area contributed by atoms with E-state index in [-0.39, 0.29) is 5.91 Å². The normalized spacial score (nSPS) is 10.4. The Morgan fingerprint density at radius 3 is 2.60 bits per heavy atom. The molecule has 0 aliphatic carbocycles. The van der Waals surface area contributed by atoms with Crippen molar-refractivity contribution in [2.24, 2.45) is 0 Å². The summed E-state index contributed by atoms with van der Waals surface area (Å²) < 4.78 is 1.96. The molecule has 0 unspecified atom stereocenters. The van der Waals surface area contributed by atoms with Gasteiger partial charge in [-0.3, -0.25) is 9.48 Å². The summed E-state index contributed by atoms with van der Waals surface area (Å²) in [6, 6.07) is 2.05. The number of carbonyl (C=O) groups excluding carboxylic acids is 1. The smallest absolute Gasteiger partial charge is 0.222 e. The predicted octanol–water partition coefficient (Wildman–Crippen LogP) is 1.37. The van der Waals surface area contributed by atoms with Gasteiger partial charge in [0.25, 0.3) is 0 Å². The molecule has 0 aliphatic rings. The minimum absolute atomic E-state index is 0.177. The van der Waals surface area contributed by atoms with E-state index < -0.39 is 0 Å². The maximum absolute atomic E-state index is 11.3. The van der Waals surface area contributed by atoms with Gasteiger partial charge in [0.2, 0.25) is 5.91 Å². The Hall–Kier alpha value is -1.32. The van der Waals surface area contributed by atoms with Crippen LogP contribution in [0.3, 0.4) is 0 Å². The molecule has 1 heterocycles. The molecule has 15 heavy (non-hydrogen) atoms. The van der Waals surface area contributed by atoms with E-state index in [9.17, 15) is 4.79 Å². The second-order valence-corrected chi connectivity index (χ2v) is 4.04. The molecule has 4 heteroatoms. The van der Waals surface area contributed by atoms with Crippen LogP contribution in [0.4, 0.5) is 0 Å². The maximum Gasteiger partial charge on any atom is 0.222 e. The summed E-state index contributed by atoms with van der Waals surface area (Å²) in [4.78, 5) is 12.9. The summed E-state index contributed by atoms with van der Waals surface area (Å²) in [5, 5.41) is 4.34. The Kier molecular flexibility index (Phi) is 3.88. The van der Waals surface area contributed by atoms with E-state index in [1.54, 1.807) is 19.0 Å². The number of rotatable bonds is 4. The summed E-state index contributed by atoms with van der Waals surface area (Å²) >= 11 is 0. The van der Waals surface area contributed by atoms with E-state index in [0.717, 1.165) is 24.4 Å². The highest BCUT2D eigenvalue weighted by atomic mass is 16.2. The zero-order valence-corrected chi connectivity index (χ0v) is 9.95. The zero-order chi connectivity index (χ0) is 11.4. The van der Waals surface area contributed by atoms with Gasteiger partial charge in [-0.2, -0.15) is 5.10 Å². The van der Waals surface area contributed by atoms with Crippen molar-refractivity contribution in [2.75, 3.05) is 14.1 Å². The SMILES string of the molecule is Cc1cc(C)n(CCCC(=O)N(C)C)n1. The van der Waals surface area contributed by atoms with Gasteiger partial charge in [-0.15, -0.1) is 0 Å². The second-order valence-electron chi connectivity index (χ2n) is 4.04. The van der Waals surface area contributed by atoms with Crippen molar-refractivity contribution in [1.82, 2.24) is 14.7 Å².